The van der Waals surface area contributed by atoms with Gasteiger partial charge in [-0.05, 0) is 66.3 Å². The topological polar surface area (TPSA) is 56.7 Å². The summed E-state index contributed by atoms with van der Waals surface area (Å²) in [6, 6.07) is 12.4. The van der Waals surface area contributed by atoms with Gasteiger partial charge < -0.3 is 10.4 Å². The number of aromatic hydroxyl groups is 1. The summed E-state index contributed by atoms with van der Waals surface area (Å²) in [5.41, 5.74) is 4.13. The van der Waals surface area contributed by atoms with Gasteiger partial charge in [0.25, 0.3) is 0 Å². The quantitative estimate of drug-likeness (QED) is 0.462. The number of nitrogens with zero attached hydrogens (tertiary/aromatic N) is 1. The van der Waals surface area contributed by atoms with Crippen LogP contribution in [0.1, 0.15) is 5.56 Å². The van der Waals surface area contributed by atoms with E-state index < -0.39 is 0 Å². The Bertz CT molecular complexity index is 611. The van der Waals surface area contributed by atoms with Crippen molar-refractivity contribution in [1.82, 2.24) is 5.43 Å². The summed E-state index contributed by atoms with van der Waals surface area (Å²) in [7, 11) is 0. The highest BCUT2D eigenvalue weighted by molar-refractivity contribution is 7.80. The SMILES string of the molecule is Oc1ccc(C=NNC(=S)Nc2ccc(F)cc2)cc1. The Morgan fingerprint density at radius 3 is 2.40 bits per heavy atom. The Kier molecular flexibility index (Phi) is 4.62. The molecule has 0 saturated heterocycles. The molecule has 2 rings (SSSR count). The molecule has 2 aromatic rings. The Hall–Kier alpha value is -2.47. The van der Waals surface area contributed by atoms with Crippen LogP contribution in [0.4, 0.5) is 10.1 Å². The van der Waals surface area contributed by atoms with E-state index in [-0.39, 0.29) is 11.6 Å². The van der Waals surface area contributed by atoms with Crippen molar-refractivity contribution < 1.29 is 9.50 Å². The molecule has 0 bridgehead atoms. The van der Waals surface area contributed by atoms with Crippen LogP contribution in [0.3, 0.4) is 0 Å². The zero-order valence-electron chi connectivity index (χ0n) is 10.4. The van der Waals surface area contributed by atoms with Crippen molar-refractivity contribution in [2.45, 2.75) is 0 Å². The molecule has 0 aromatic heterocycles. The van der Waals surface area contributed by atoms with Crippen LogP contribution in [0, 0.1) is 5.82 Å². The van der Waals surface area contributed by atoms with Crippen molar-refractivity contribution >= 4 is 29.2 Å². The fourth-order valence-corrected chi connectivity index (χ4v) is 1.59. The zero-order chi connectivity index (χ0) is 14.4. The largest absolute Gasteiger partial charge is 0.508 e. The van der Waals surface area contributed by atoms with Crippen molar-refractivity contribution in [3.8, 4) is 5.75 Å². The van der Waals surface area contributed by atoms with Gasteiger partial charge in [0.1, 0.15) is 11.6 Å². The van der Waals surface area contributed by atoms with Crippen LogP contribution in [0.5, 0.6) is 5.75 Å². The van der Waals surface area contributed by atoms with Gasteiger partial charge in [0.05, 0.1) is 6.21 Å². The van der Waals surface area contributed by atoms with Gasteiger partial charge in [-0.2, -0.15) is 5.10 Å². The third kappa shape index (κ3) is 4.33. The molecule has 20 heavy (non-hydrogen) atoms. The van der Waals surface area contributed by atoms with E-state index in [9.17, 15) is 4.39 Å². The number of halogens is 1. The lowest BCUT2D eigenvalue weighted by Crippen LogP contribution is -2.23. The number of benzene rings is 2. The molecule has 0 aliphatic heterocycles. The van der Waals surface area contributed by atoms with Gasteiger partial charge >= 0.3 is 0 Å². The normalized spacial score (nSPS) is 10.4. The maximum atomic E-state index is 12.7. The summed E-state index contributed by atoms with van der Waals surface area (Å²) in [5, 5.41) is 16.2. The summed E-state index contributed by atoms with van der Waals surface area (Å²) >= 11 is 5.04. The molecule has 0 unspecified atom stereocenters. The maximum absolute atomic E-state index is 12.7. The number of thiocarbonyl (C=S) groups is 1. The number of phenolic OH excluding ortho intramolecular Hbond substituents is 1. The van der Waals surface area contributed by atoms with Crippen molar-refractivity contribution in [2.24, 2.45) is 5.10 Å². The molecule has 0 aliphatic rings. The van der Waals surface area contributed by atoms with Crippen LogP contribution in [0.25, 0.3) is 0 Å². The summed E-state index contributed by atoms with van der Waals surface area (Å²) in [5.74, 6) is -0.108. The van der Waals surface area contributed by atoms with Crippen LogP contribution in [-0.4, -0.2) is 16.4 Å². The Morgan fingerprint density at radius 2 is 1.75 bits per heavy atom. The lowest BCUT2D eigenvalue weighted by molar-refractivity contribution is 0.475. The Labute approximate surface area is 121 Å². The van der Waals surface area contributed by atoms with Gasteiger partial charge in [-0.15, -0.1) is 0 Å². The van der Waals surface area contributed by atoms with E-state index in [0.717, 1.165) is 5.56 Å². The first kappa shape index (κ1) is 14.0. The highest BCUT2D eigenvalue weighted by atomic mass is 32.1. The lowest BCUT2D eigenvalue weighted by atomic mass is 10.2. The van der Waals surface area contributed by atoms with Crippen LogP contribution in [-0.2, 0) is 0 Å². The van der Waals surface area contributed by atoms with E-state index in [1.165, 1.54) is 12.1 Å². The van der Waals surface area contributed by atoms with Gasteiger partial charge in [-0.3, -0.25) is 5.43 Å². The number of phenols is 1. The van der Waals surface area contributed by atoms with E-state index in [1.807, 2.05) is 0 Å². The summed E-state index contributed by atoms with van der Waals surface area (Å²) < 4.78 is 12.7. The van der Waals surface area contributed by atoms with Gasteiger partial charge in [0.2, 0.25) is 0 Å². The maximum Gasteiger partial charge on any atom is 0.191 e. The highest BCUT2D eigenvalue weighted by Gasteiger charge is 1.96. The molecule has 0 atom stereocenters. The first-order valence-electron chi connectivity index (χ1n) is 5.78. The average Bonchev–Trinajstić information content (AvgIpc) is 2.44. The summed E-state index contributed by atoms with van der Waals surface area (Å²) in [4.78, 5) is 0. The molecule has 0 amide bonds. The Morgan fingerprint density at radius 1 is 1.10 bits per heavy atom. The second-order valence-electron chi connectivity index (χ2n) is 3.92. The van der Waals surface area contributed by atoms with Gasteiger partial charge in [0.15, 0.2) is 5.11 Å². The molecule has 3 N–H and O–H groups in total. The molecule has 0 saturated carbocycles. The van der Waals surface area contributed by atoms with Gasteiger partial charge in [-0.1, -0.05) is 0 Å². The molecule has 4 nitrogen and oxygen atoms in total. The molecule has 2 aromatic carbocycles. The minimum absolute atomic E-state index is 0.198. The predicted octanol–water partition coefficient (Wildman–Crippen LogP) is 2.85. The second kappa shape index (κ2) is 6.63. The third-order valence-electron chi connectivity index (χ3n) is 2.37. The minimum Gasteiger partial charge on any atom is -0.508 e. The number of hydrogen-bond acceptors (Lipinski definition) is 3. The molecule has 0 radical (unpaired) electrons. The van der Waals surface area contributed by atoms with Crippen molar-refractivity contribution in [3.63, 3.8) is 0 Å². The monoisotopic (exact) mass is 289 g/mol. The lowest BCUT2D eigenvalue weighted by Gasteiger charge is -2.06. The smallest absolute Gasteiger partial charge is 0.191 e. The molecule has 6 heteroatoms. The second-order valence-corrected chi connectivity index (χ2v) is 4.33. The molecule has 0 aliphatic carbocycles. The third-order valence-corrected chi connectivity index (χ3v) is 2.57. The van der Waals surface area contributed by atoms with Crippen molar-refractivity contribution in [3.05, 3.63) is 59.9 Å². The van der Waals surface area contributed by atoms with Crippen LogP contribution in [0.2, 0.25) is 0 Å². The minimum atomic E-state index is -0.306. The van der Waals surface area contributed by atoms with Crippen molar-refractivity contribution in [1.29, 1.82) is 0 Å². The van der Waals surface area contributed by atoms with E-state index in [1.54, 1.807) is 42.6 Å². The highest BCUT2D eigenvalue weighted by Crippen LogP contribution is 2.08. The number of hydrogen-bond donors (Lipinski definition) is 3. The van der Waals surface area contributed by atoms with Crippen LogP contribution in [0.15, 0.2) is 53.6 Å². The van der Waals surface area contributed by atoms with Crippen molar-refractivity contribution in [2.75, 3.05) is 5.32 Å². The molecule has 0 heterocycles. The van der Waals surface area contributed by atoms with Gasteiger partial charge in [-0.25, -0.2) is 4.39 Å². The molecular formula is C14H12FN3OS. The molecule has 102 valence electrons. The van der Waals surface area contributed by atoms with E-state index >= 15 is 0 Å². The summed E-state index contributed by atoms with van der Waals surface area (Å²) in [6.07, 6.45) is 1.57. The molecular weight excluding hydrogens is 277 g/mol. The molecule has 0 spiro atoms. The number of hydrazone groups is 1. The zero-order valence-corrected chi connectivity index (χ0v) is 11.2. The Balaban J connectivity index is 1.85. The predicted molar refractivity (Wildman–Crippen MR) is 81.5 cm³/mol. The van der Waals surface area contributed by atoms with E-state index in [4.69, 9.17) is 17.3 Å². The van der Waals surface area contributed by atoms with Gasteiger partial charge in [0, 0.05) is 5.69 Å². The van der Waals surface area contributed by atoms with Crippen LogP contribution >= 0.6 is 12.2 Å². The summed E-state index contributed by atoms with van der Waals surface area (Å²) in [6.45, 7) is 0. The van der Waals surface area contributed by atoms with E-state index in [0.29, 0.717) is 10.8 Å². The van der Waals surface area contributed by atoms with E-state index in [2.05, 4.69) is 15.8 Å². The number of anilines is 1. The fraction of sp³-hybridized carbons (Fsp3) is 0. The van der Waals surface area contributed by atoms with Crippen LogP contribution < -0.4 is 10.7 Å². The fourth-order valence-electron chi connectivity index (χ4n) is 1.42. The first-order valence-corrected chi connectivity index (χ1v) is 6.19. The first-order chi connectivity index (χ1) is 9.63. The number of rotatable bonds is 3. The molecule has 0 fully saturated rings. The number of nitrogens with one attached hydrogen (secondary N) is 2. The standard InChI is InChI=1S/C14H12FN3OS/c15-11-3-5-12(6-4-11)17-14(20)18-16-9-10-1-7-13(19)8-2-10/h1-9,19H,(H2,17,18,20). The average molecular weight is 289 g/mol.